The maximum absolute atomic E-state index is 11.9. The molecule has 1 aromatic carbocycles. The summed E-state index contributed by atoms with van der Waals surface area (Å²) in [6.45, 7) is 2.02. The molecule has 2 N–H and O–H groups in total. The molecule has 0 bridgehead atoms. The number of thiazole rings is 1. The molecule has 0 aliphatic rings. The average molecular weight is 319 g/mol. The lowest BCUT2D eigenvalue weighted by Crippen LogP contribution is -2.37. The van der Waals surface area contributed by atoms with E-state index in [9.17, 15) is 9.59 Å². The Morgan fingerprint density at radius 2 is 2.18 bits per heavy atom. The van der Waals surface area contributed by atoms with Crippen LogP contribution in [-0.2, 0) is 14.3 Å². The number of fused-ring (bicyclic) bond motifs is 1. The monoisotopic (exact) mass is 319 g/mol. The summed E-state index contributed by atoms with van der Waals surface area (Å²) in [5.74, 6) is -0.622. The number of aromatic nitrogens is 1. The van der Waals surface area contributed by atoms with Gasteiger partial charge in [-0.1, -0.05) is 29.5 Å². The quantitative estimate of drug-likeness (QED) is 0.628. The summed E-state index contributed by atoms with van der Waals surface area (Å²) < 4.78 is 5.52. The van der Waals surface area contributed by atoms with Gasteiger partial charge in [0.2, 0.25) is 5.91 Å². The van der Waals surface area contributed by atoms with Gasteiger partial charge in [-0.15, -0.1) is 0 Å². The molecule has 0 spiro atoms. The smallest absolute Gasteiger partial charge is 0.330 e. The molecule has 0 aliphatic heterocycles. The summed E-state index contributed by atoms with van der Waals surface area (Å²) in [6.07, 6.45) is 2.81. The Kier molecular flexibility index (Phi) is 5.48. The van der Waals surface area contributed by atoms with Gasteiger partial charge in [-0.3, -0.25) is 4.79 Å². The topological polar surface area (TPSA) is 80.3 Å². The molecule has 1 unspecified atom stereocenters. The van der Waals surface area contributed by atoms with Gasteiger partial charge < -0.3 is 15.4 Å². The van der Waals surface area contributed by atoms with Gasteiger partial charge in [0, 0.05) is 12.6 Å². The van der Waals surface area contributed by atoms with Crippen molar-refractivity contribution in [2.45, 2.75) is 13.0 Å². The highest BCUT2D eigenvalue weighted by atomic mass is 32.1. The van der Waals surface area contributed by atoms with Crippen LogP contribution < -0.4 is 10.6 Å². The van der Waals surface area contributed by atoms with E-state index in [1.807, 2.05) is 24.3 Å². The Morgan fingerprint density at radius 1 is 1.41 bits per heavy atom. The van der Waals surface area contributed by atoms with Crippen LogP contribution in [0.2, 0.25) is 0 Å². The molecule has 2 aromatic rings. The predicted octanol–water partition coefficient (Wildman–Crippen LogP) is 1.94. The van der Waals surface area contributed by atoms with Crippen molar-refractivity contribution in [3.8, 4) is 0 Å². The molecule has 0 fully saturated rings. The third-order valence-corrected chi connectivity index (χ3v) is 3.84. The first-order chi connectivity index (χ1) is 10.6. The summed E-state index contributed by atoms with van der Waals surface area (Å²) in [7, 11) is 1.30. The number of nitrogens with one attached hydrogen (secondary N) is 2. The second kappa shape index (κ2) is 7.56. The van der Waals surface area contributed by atoms with E-state index in [-0.39, 0.29) is 12.5 Å². The van der Waals surface area contributed by atoms with Crippen molar-refractivity contribution in [1.82, 2.24) is 10.3 Å². The predicted molar refractivity (Wildman–Crippen MR) is 86.9 cm³/mol. The third-order valence-electron chi connectivity index (χ3n) is 2.88. The lowest BCUT2D eigenvalue weighted by Gasteiger charge is -2.11. The fourth-order valence-electron chi connectivity index (χ4n) is 1.72. The van der Waals surface area contributed by atoms with Crippen molar-refractivity contribution in [2.75, 3.05) is 19.0 Å². The van der Waals surface area contributed by atoms with Crippen molar-refractivity contribution in [1.29, 1.82) is 0 Å². The highest BCUT2D eigenvalue weighted by Gasteiger charge is 2.13. The van der Waals surface area contributed by atoms with E-state index >= 15 is 0 Å². The number of amides is 1. The van der Waals surface area contributed by atoms with E-state index in [1.165, 1.54) is 30.6 Å². The van der Waals surface area contributed by atoms with Crippen molar-refractivity contribution in [3.05, 3.63) is 36.4 Å². The number of para-hydroxylation sites is 1. The number of hydrogen-bond donors (Lipinski definition) is 2. The van der Waals surface area contributed by atoms with Gasteiger partial charge in [0.25, 0.3) is 0 Å². The summed E-state index contributed by atoms with van der Waals surface area (Å²) >= 11 is 1.50. The molecule has 2 rings (SSSR count). The number of ether oxygens (including phenoxy) is 1. The molecule has 22 heavy (non-hydrogen) atoms. The van der Waals surface area contributed by atoms with Crippen LogP contribution in [-0.4, -0.2) is 36.6 Å². The van der Waals surface area contributed by atoms with Crippen LogP contribution in [0.1, 0.15) is 6.92 Å². The molecule has 1 aromatic heterocycles. The first-order valence-electron chi connectivity index (χ1n) is 6.74. The zero-order chi connectivity index (χ0) is 15.9. The fraction of sp³-hybridized carbons (Fsp3) is 0.267. The summed E-state index contributed by atoms with van der Waals surface area (Å²) in [5, 5.41) is 6.47. The minimum absolute atomic E-state index is 0.172. The van der Waals surface area contributed by atoms with Crippen molar-refractivity contribution < 1.29 is 14.3 Å². The van der Waals surface area contributed by atoms with Crippen LogP contribution >= 0.6 is 11.3 Å². The van der Waals surface area contributed by atoms with E-state index < -0.39 is 12.0 Å². The molecule has 0 saturated heterocycles. The second-order valence-electron chi connectivity index (χ2n) is 4.52. The third kappa shape index (κ3) is 4.29. The molecule has 1 amide bonds. The molecule has 6 nitrogen and oxygen atoms in total. The van der Waals surface area contributed by atoms with Crippen molar-refractivity contribution in [3.63, 3.8) is 0 Å². The SMILES string of the molecule is COC(=O)/C=C/CNC(=O)C(C)Nc1nc2ccccc2s1. The Morgan fingerprint density at radius 3 is 2.91 bits per heavy atom. The van der Waals surface area contributed by atoms with Gasteiger partial charge in [0.05, 0.1) is 17.3 Å². The molecule has 0 aliphatic carbocycles. The van der Waals surface area contributed by atoms with Gasteiger partial charge in [-0.2, -0.15) is 0 Å². The summed E-state index contributed by atoms with van der Waals surface area (Å²) in [5.41, 5.74) is 0.906. The number of methoxy groups -OCH3 is 1. The van der Waals surface area contributed by atoms with Crippen LogP contribution in [0.5, 0.6) is 0 Å². The maximum Gasteiger partial charge on any atom is 0.330 e. The largest absolute Gasteiger partial charge is 0.466 e. The molecule has 0 radical (unpaired) electrons. The van der Waals surface area contributed by atoms with Crippen LogP contribution in [0.3, 0.4) is 0 Å². The number of benzene rings is 1. The van der Waals surface area contributed by atoms with Crippen LogP contribution in [0.4, 0.5) is 5.13 Å². The van der Waals surface area contributed by atoms with Crippen LogP contribution in [0.25, 0.3) is 10.2 Å². The fourth-order valence-corrected chi connectivity index (χ4v) is 2.67. The Labute approximate surface area is 132 Å². The van der Waals surface area contributed by atoms with E-state index in [0.717, 1.165) is 10.2 Å². The number of anilines is 1. The molecular formula is C15H17N3O3S. The zero-order valence-electron chi connectivity index (χ0n) is 12.3. The highest BCUT2D eigenvalue weighted by Crippen LogP contribution is 2.25. The molecule has 116 valence electrons. The van der Waals surface area contributed by atoms with Gasteiger partial charge in [0.1, 0.15) is 6.04 Å². The van der Waals surface area contributed by atoms with Gasteiger partial charge >= 0.3 is 5.97 Å². The molecule has 1 heterocycles. The summed E-state index contributed by atoms with van der Waals surface area (Å²) in [4.78, 5) is 27.2. The number of nitrogens with zero attached hydrogens (tertiary/aromatic N) is 1. The summed E-state index contributed by atoms with van der Waals surface area (Å²) in [6, 6.07) is 7.37. The van der Waals surface area contributed by atoms with Crippen molar-refractivity contribution >= 4 is 38.6 Å². The van der Waals surface area contributed by atoms with Crippen LogP contribution in [0.15, 0.2) is 36.4 Å². The minimum atomic E-state index is -0.449. The number of carbonyl (C=O) groups is 2. The Bertz CT molecular complexity index is 663. The highest BCUT2D eigenvalue weighted by molar-refractivity contribution is 7.22. The first kappa shape index (κ1) is 16.0. The first-order valence-corrected chi connectivity index (χ1v) is 7.56. The lowest BCUT2D eigenvalue weighted by molar-refractivity contribution is -0.134. The number of carbonyl (C=O) groups excluding carboxylic acids is 2. The average Bonchev–Trinajstić information content (AvgIpc) is 2.93. The Hall–Kier alpha value is -2.41. The van der Waals surface area contributed by atoms with E-state index in [4.69, 9.17) is 0 Å². The van der Waals surface area contributed by atoms with E-state index in [1.54, 1.807) is 6.92 Å². The zero-order valence-corrected chi connectivity index (χ0v) is 13.1. The van der Waals surface area contributed by atoms with Gasteiger partial charge in [-0.05, 0) is 19.1 Å². The molecule has 0 saturated carbocycles. The minimum Gasteiger partial charge on any atom is -0.466 e. The molecule has 7 heteroatoms. The molecule has 1 atom stereocenters. The van der Waals surface area contributed by atoms with Crippen LogP contribution in [0, 0.1) is 0 Å². The number of hydrogen-bond acceptors (Lipinski definition) is 6. The van der Waals surface area contributed by atoms with E-state index in [2.05, 4.69) is 20.4 Å². The number of esters is 1. The normalized spacial score (nSPS) is 12.3. The molecular weight excluding hydrogens is 302 g/mol. The van der Waals surface area contributed by atoms with Gasteiger partial charge in [0.15, 0.2) is 5.13 Å². The maximum atomic E-state index is 11.9. The lowest BCUT2D eigenvalue weighted by atomic mass is 10.3. The second-order valence-corrected chi connectivity index (χ2v) is 5.55. The van der Waals surface area contributed by atoms with Gasteiger partial charge in [-0.25, -0.2) is 9.78 Å². The van der Waals surface area contributed by atoms with Crippen molar-refractivity contribution in [2.24, 2.45) is 0 Å². The number of rotatable bonds is 6. The standard InChI is InChI=1S/C15H17N3O3S/c1-10(14(20)16-9-5-8-13(19)21-2)17-15-18-11-6-3-4-7-12(11)22-15/h3-8,10H,9H2,1-2H3,(H,16,20)(H,17,18)/b8-5+. The Balaban J connectivity index is 1.85. The van der Waals surface area contributed by atoms with E-state index in [0.29, 0.717) is 5.13 Å².